The van der Waals surface area contributed by atoms with Gasteiger partial charge in [0.25, 0.3) is 5.56 Å². The van der Waals surface area contributed by atoms with E-state index in [4.69, 9.17) is 19.3 Å². The maximum Gasteiger partial charge on any atom is 0.490 e. The van der Waals surface area contributed by atoms with Gasteiger partial charge in [0.1, 0.15) is 12.3 Å². The van der Waals surface area contributed by atoms with Crippen molar-refractivity contribution in [3.63, 3.8) is 0 Å². The number of nitrogens with zero attached hydrogens (tertiary/aromatic N) is 1. The number of H-pyrrole nitrogens is 1. The van der Waals surface area contributed by atoms with Crippen LogP contribution in [0.25, 0.3) is 0 Å². The normalized spacial score (nSPS) is 22.9. The Morgan fingerprint density at radius 2 is 1.67 bits per heavy atom. The summed E-state index contributed by atoms with van der Waals surface area (Å²) < 4.78 is 57.9. The van der Waals surface area contributed by atoms with Crippen LogP contribution in [0.3, 0.4) is 0 Å². The van der Waals surface area contributed by atoms with Crippen molar-refractivity contribution in [1.29, 1.82) is 0 Å². The number of phosphoric ester groups is 1. The molecule has 39 heavy (non-hydrogen) atoms. The van der Waals surface area contributed by atoms with Gasteiger partial charge in [-0.05, 0) is 30.5 Å². The summed E-state index contributed by atoms with van der Waals surface area (Å²) in [5, 5.41) is 10.3. The number of benzene rings is 1. The van der Waals surface area contributed by atoms with Crippen LogP contribution in [-0.2, 0) is 49.5 Å². The van der Waals surface area contributed by atoms with E-state index in [0.717, 1.165) is 21.3 Å². The Morgan fingerprint density at radius 1 is 1.03 bits per heavy atom. The Bertz CT molecular complexity index is 1430. The van der Waals surface area contributed by atoms with Gasteiger partial charge in [-0.25, -0.2) is 18.5 Å². The first-order valence-corrected chi connectivity index (χ1v) is 15.6. The molecule has 6 N–H and O–H groups in total. The molecular formula is C19H27N2O15P3. The molecule has 20 heteroatoms. The second-order valence-electron chi connectivity index (χ2n) is 8.50. The largest absolute Gasteiger partial charge is 0.490 e. The number of hydrogen-bond donors (Lipinski definition) is 6. The molecule has 1 aliphatic heterocycles. The molecule has 0 spiro atoms. The first kappa shape index (κ1) is 31.7. The highest BCUT2D eigenvalue weighted by molar-refractivity contribution is 7.66. The zero-order valence-corrected chi connectivity index (χ0v) is 23.2. The minimum absolute atomic E-state index is 0.0793. The summed E-state index contributed by atoms with van der Waals surface area (Å²) in [7, 11) is -16.7. The summed E-state index contributed by atoms with van der Waals surface area (Å²) in [6.45, 7) is 2.97. The molecular weight excluding hydrogens is 589 g/mol. The van der Waals surface area contributed by atoms with Crippen LogP contribution >= 0.6 is 23.5 Å². The van der Waals surface area contributed by atoms with E-state index in [0.29, 0.717) is 0 Å². The Hall–Kier alpha value is -1.81. The van der Waals surface area contributed by atoms with Crippen molar-refractivity contribution in [3.8, 4) is 0 Å². The Kier molecular flexibility index (Phi) is 10.1. The maximum atomic E-state index is 12.4. The van der Waals surface area contributed by atoms with Crippen molar-refractivity contribution in [2.45, 2.75) is 51.9 Å². The molecule has 2 aromatic rings. The SMILES string of the molecule is Cc1cccc(C)c1COCc1cn([C@H]2CC(O)[C@@H](COP(=O)(O)OP(=O)(O)OP(=O)(O)O)O2)c(=O)[nH]c1=O. The molecule has 1 aromatic heterocycles. The molecule has 0 bridgehead atoms. The van der Waals surface area contributed by atoms with Crippen LogP contribution in [0.2, 0.25) is 0 Å². The second kappa shape index (κ2) is 12.4. The Labute approximate surface area is 220 Å². The van der Waals surface area contributed by atoms with Crippen molar-refractivity contribution in [2.24, 2.45) is 0 Å². The third-order valence-electron chi connectivity index (χ3n) is 5.52. The molecule has 1 fully saturated rings. The van der Waals surface area contributed by atoms with Crippen molar-refractivity contribution in [2.75, 3.05) is 6.61 Å². The van der Waals surface area contributed by atoms with E-state index in [9.17, 15) is 38.2 Å². The zero-order valence-electron chi connectivity index (χ0n) is 20.5. The smallest absolute Gasteiger partial charge is 0.390 e. The molecule has 218 valence electrons. The van der Waals surface area contributed by atoms with Crippen LogP contribution in [-0.4, -0.2) is 53.0 Å². The van der Waals surface area contributed by atoms with Gasteiger partial charge in [0.15, 0.2) is 0 Å². The lowest BCUT2D eigenvalue weighted by molar-refractivity contribution is -0.0452. The summed E-state index contributed by atoms with van der Waals surface area (Å²) in [6.07, 6.45) is -2.92. The first-order valence-electron chi connectivity index (χ1n) is 11.1. The van der Waals surface area contributed by atoms with Crippen LogP contribution < -0.4 is 11.2 Å². The third kappa shape index (κ3) is 9.10. The lowest BCUT2D eigenvalue weighted by Crippen LogP contribution is -2.34. The Morgan fingerprint density at radius 3 is 2.28 bits per heavy atom. The summed E-state index contributed by atoms with van der Waals surface area (Å²) >= 11 is 0. The predicted octanol–water partition coefficient (Wildman–Crippen LogP) is 0.862. The number of aryl methyl sites for hydroxylation is 2. The molecule has 0 amide bonds. The number of aliphatic hydroxyl groups excluding tert-OH is 1. The zero-order chi connectivity index (χ0) is 29.2. The molecule has 1 aromatic carbocycles. The van der Waals surface area contributed by atoms with Crippen molar-refractivity contribution >= 4 is 23.5 Å². The van der Waals surface area contributed by atoms with Gasteiger partial charge in [0.2, 0.25) is 0 Å². The van der Waals surface area contributed by atoms with Crippen LogP contribution in [0.4, 0.5) is 0 Å². The van der Waals surface area contributed by atoms with E-state index in [2.05, 4.69) is 18.1 Å². The molecule has 5 atom stereocenters. The van der Waals surface area contributed by atoms with E-state index in [1.807, 2.05) is 32.0 Å². The Balaban J connectivity index is 1.64. The van der Waals surface area contributed by atoms with E-state index in [1.165, 1.54) is 6.20 Å². The quantitative estimate of drug-likeness (QED) is 0.181. The van der Waals surface area contributed by atoms with Gasteiger partial charge in [0, 0.05) is 12.6 Å². The van der Waals surface area contributed by atoms with Crippen LogP contribution in [0.1, 0.15) is 34.9 Å². The summed E-state index contributed by atoms with van der Waals surface area (Å²) in [5.41, 5.74) is 1.47. The number of rotatable bonds is 12. The van der Waals surface area contributed by atoms with E-state index >= 15 is 0 Å². The van der Waals surface area contributed by atoms with Gasteiger partial charge in [-0.2, -0.15) is 8.62 Å². The second-order valence-corrected chi connectivity index (χ2v) is 12.9. The van der Waals surface area contributed by atoms with Crippen molar-refractivity contribution in [3.05, 3.63) is 67.5 Å². The molecule has 17 nitrogen and oxygen atoms in total. The summed E-state index contributed by atoms with van der Waals surface area (Å²) in [5.74, 6) is 0. The van der Waals surface area contributed by atoms with Crippen LogP contribution in [0.15, 0.2) is 34.0 Å². The lowest BCUT2D eigenvalue weighted by Gasteiger charge is -2.19. The molecule has 0 radical (unpaired) electrons. The van der Waals surface area contributed by atoms with Crippen molar-refractivity contribution < 1.29 is 61.0 Å². The lowest BCUT2D eigenvalue weighted by atomic mass is 10.0. The van der Waals surface area contributed by atoms with Gasteiger partial charge >= 0.3 is 29.2 Å². The number of ether oxygens (including phenoxy) is 2. The average Bonchev–Trinajstić information content (AvgIpc) is 3.13. The maximum absolute atomic E-state index is 12.4. The highest BCUT2D eigenvalue weighted by atomic mass is 31.3. The van der Waals surface area contributed by atoms with Crippen molar-refractivity contribution in [1.82, 2.24) is 9.55 Å². The van der Waals surface area contributed by atoms with E-state index in [1.54, 1.807) is 0 Å². The minimum Gasteiger partial charge on any atom is -0.390 e. The molecule has 2 heterocycles. The standard InChI is InChI=1S/C19H27N2O15P3/c1-11-4-3-5-12(2)14(11)9-32-8-13-7-21(19(24)20-18(13)23)17-6-15(22)16(34-17)10-33-38(28,29)36-39(30,31)35-37(25,26)27/h3-5,7,15-17,22H,6,8-10H2,1-2H3,(H,28,29)(H,30,31)(H,20,23,24)(H2,25,26,27)/t15?,16-,17-/m1/s1. The highest BCUT2D eigenvalue weighted by Crippen LogP contribution is 2.66. The fourth-order valence-corrected chi connectivity index (χ4v) is 6.72. The highest BCUT2D eigenvalue weighted by Gasteiger charge is 2.43. The number of phosphoric acid groups is 3. The van der Waals surface area contributed by atoms with Crippen LogP contribution in [0, 0.1) is 13.8 Å². The van der Waals surface area contributed by atoms with Gasteiger partial charge in [0.05, 0.1) is 31.5 Å². The number of aromatic nitrogens is 2. The number of nitrogens with one attached hydrogen (secondary N) is 1. The topological polar surface area (TPSA) is 253 Å². The molecule has 1 saturated heterocycles. The minimum atomic E-state index is -5.72. The number of hydrogen-bond acceptors (Lipinski definition) is 11. The summed E-state index contributed by atoms with van der Waals surface area (Å²) in [4.78, 5) is 62.7. The molecule has 0 aliphatic carbocycles. The molecule has 0 saturated carbocycles. The number of aliphatic hydroxyl groups is 1. The van der Waals surface area contributed by atoms with Gasteiger partial charge in [-0.1, -0.05) is 18.2 Å². The van der Waals surface area contributed by atoms with Gasteiger partial charge < -0.3 is 34.2 Å². The average molecular weight is 616 g/mol. The number of aromatic amines is 1. The monoisotopic (exact) mass is 616 g/mol. The molecule has 3 unspecified atom stereocenters. The fraction of sp³-hybridized carbons (Fsp3) is 0.474. The molecule has 1 aliphatic rings. The third-order valence-corrected chi connectivity index (χ3v) is 9.32. The van der Waals surface area contributed by atoms with Crippen LogP contribution in [0.5, 0.6) is 0 Å². The predicted molar refractivity (Wildman–Crippen MR) is 130 cm³/mol. The van der Waals surface area contributed by atoms with Gasteiger partial charge in [-0.15, -0.1) is 0 Å². The van der Waals surface area contributed by atoms with E-state index < -0.39 is 59.8 Å². The van der Waals surface area contributed by atoms with Gasteiger partial charge in [-0.3, -0.25) is 18.9 Å². The fourth-order valence-electron chi connectivity index (χ4n) is 3.69. The molecule has 3 rings (SSSR count). The first-order chi connectivity index (χ1) is 18.0. The summed E-state index contributed by atoms with van der Waals surface area (Å²) in [6, 6.07) is 5.74. The van der Waals surface area contributed by atoms with E-state index in [-0.39, 0.29) is 25.2 Å².